The van der Waals surface area contributed by atoms with Crippen molar-refractivity contribution in [2.45, 2.75) is 33.0 Å². The molecular weight excluding hydrogens is 1150 g/mol. The van der Waals surface area contributed by atoms with Gasteiger partial charge in [0.2, 0.25) is 0 Å². The molecule has 0 aliphatic rings. The van der Waals surface area contributed by atoms with Gasteiger partial charge in [0.15, 0.2) is 8.07 Å². The second kappa shape index (κ2) is 20.7. The average Bonchev–Trinajstić information content (AvgIpc) is 1.33. The summed E-state index contributed by atoms with van der Waals surface area (Å²) in [5.41, 5.74) is -1.20. The number of para-hydroxylation sites is 3. The van der Waals surface area contributed by atoms with Crippen molar-refractivity contribution in [2.75, 3.05) is 0 Å². The normalized spacial score (nSPS) is 16.8. The van der Waals surface area contributed by atoms with Gasteiger partial charge in [-0.3, -0.25) is 4.57 Å². The monoisotopic (exact) mass is 1230 g/mol. The number of benzene rings is 10. The van der Waals surface area contributed by atoms with E-state index in [1.165, 1.54) is 15.2 Å². The van der Waals surface area contributed by atoms with Gasteiger partial charge in [0.1, 0.15) is 5.82 Å². The maximum Gasteiger partial charge on any atom is 0.268 e. The van der Waals surface area contributed by atoms with E-state index < -0.39 is 214 Å². The zero-order chi connectivity index (χ0) is 75.5. The van der Waals surface area contributed by atoms with E-state index in [1.54, 1.807) is 48.7 Å². The van der Waals surface area contributed by atoms with Crippen molar-refractivity contribution in [3.8, 4) is 50.9 Å². The topological polar surface area (TPSA) is 35.9 Å². The fourth-order valence-electron chi connectivity index (χ4n) is 9.70. The summed E-state index contributed by atoms with van der Waals surface area (Å²) in [4.78, 5) is 4.79. The molecule has 10 aromatic carbocycles. The van der Waals surface area contributed by atoms with Crippen molar-refractivity contribution in [1.82, 2.24) is 14.1 Å². The molecule has 0 aliphatic heterocycles. The van der Waals surface area contributed by atoms with Gasteiger partial charge in [0.05, 0.1) is 49.6 Å². The van der Waals surface area contributed by atoms with Gasteiger partial charge in [-0.05, 0) is 90.1 Å². The Labute approximate surface area is 509 Å². The van der Waals surface area contributed by atoms with Crippen LogP contribution in [0.25, 0.3) is 72.3 Å². The summed E-state index contributed by atoms with van der Waals surface area (Å²) in [5, 5.41) is -2.83. The third-order valence-electron chi connectivity index (χ3n) is 13.2. The molecule has 5 nitrogen and oxygen atoms in total. The quantitative estimate of drug-likeness (QED) is 0.0560. The van der Waals surface area contributed by atoms with E-state index in [2.05, 4.69) is 39.2 Å². The third-order valence-corrected chi connectivity index (χ3v) is 17.2. The molecule has 0 saturated heterocycles. The largest absolute Gasteiger partial charge is 0.510 e. The van der Waals surface area contributed by atoms with Crippen molar-refractivity contribution in [3.63, 3.8) is 0 Å². The summed E-state index contributed by atoms with van der Waals surface area (Å²) in [6.45, 7) is 3.01. The molecule has 13 aromatic rings. The van der Waals surface area contributed by atoms with Gasteiger partial charge < -0.3 is 13.9 Å². The van der Waals surface area contributed by atoms with Gasteiger partial charge in [-0.2, -0.15) is 18.2 Å². The van der Waals surface area contributed by atoms with E-state index in [0.717, 1.165) is 34.0 Å². The molecule has 0 fully saturated rings. The van der Waals surface area contributed by atoms with Crippen molar-refractivity contribution in [3.05, 3.63) is 284 Å². The Kier molecular flexibility index (Phi) is 7.46. The maximum atomic E-state index is 10.9. The second-order valence-electron chi connectivity index (χ2n) is 18.8. The van der Waals surface area contributed by atoms with Crippen LogP contribution >= 0.6 is 0 Å². The first-order chi connectivity index (χ1) is 48.9. The SMILES string of the molecule is [2H]c1c([2H])c([2H])c(-c2cc(C([2H])([2H])[2H])cc(-c3c([2H])c([2H])c([2H])c([Si](c4c([2H])c([2H])c([2H])c([2H])c4[2H])(c4c([2H])c([2H])c([2H])c([2H])c4[2H])c4c([2H])c([2H])c([2H])c([2H])c4[2H])c3[2H])c2-[n+]2[c-]n(-c3[c-]c(Oc4[c-]c5c(cc4)c4ccccc4n5-c4cc(C(C)(C)C)ccn4)ccc3)c3ccccc32)c([2H])c1[2H].[Pt]. The van der Waals surface area contributed by atoms with Gasteiger partial charge in [0, 0.05) is 48.4 Å². The van der Waals surface area contributed by atoms with Crippen molar-refractivity contribution < 1.29 is 67.4 Å². The Balaban J connectivity index is 0.0000104. The molecule has 0 radical (unpaired) electrons. The predicted octanol–water partition coefficient (Wildman–Crippen LogP) is 13.9. The fraction of sp³-hybridized carbons (Fsp3) is 0.0704. The average molecular weight is 1230 g/mol. The maximum absolute atomic E-state index is 10.9. The molecule has 3 heterocycles. The van der Waals surface area contributed by atoms with Crippen LogP contribution in [0, 0.1) is 25.3 Å². The number of pyridine rings is 1. The Bertz CT molecular complexity index is 5630. The summed E-state index contributed by atoms with van der Waals surface area (Å²) in [6, 6.07) is 7.68. The first-order valence-corrected chi connectivity index (χ1v) is 26.1. The summed E-state index contributed by atoms with van der Waals surface area (Å²) in [6.07, 6.45) is 5.00. The molecule has 7 heteroatoms. The Morgan fingerprint density at radius 1 is 0.577 bits per heavy atom. The minimum atomic E-state index is -6.52. The molecule has 0 bridgehead atoms. The molecule has 78 heavy (non-hydrogen) atoms. The summed E-state index contributed by atoms with van der Waals surface area (Å²) < 4.78 is 264. The molecule has 0 aliphatic carbocycles. The Morgan fingerprint density at radius 3 is 1.86 bits per heavy atom. The number of aromatic nitrogens is 4. The van der Waals surface area contributed by atoms with Crippen LogP contribution in [0.3, 0.4) is 0 Å². The molecule has 0 unspecified atom stereocenters. The Hall–Kier alpha value is -8.67. The van der Waals surface area contributed by atoms with E-state index in [1.807, 2.05) is 47.0 Å². The van der Waals surface area contributed by atoms with Gasteiger partial charge in [-0.15, -0.1) is 29.7 Å². The molecule has 0 amide bonds. The number of hydrogen-bond donors (Lipinski definition) is 0. The molecule has 13 rings (SSSR count). The third kappa shape index (κ3) is 8.91. The van der Waals surface area contributed by atoms with Crippen molar-refractivity contribution >= 4 is 61.7 Å². The molecular formula is C71H54N4OPtSi-2. The molecule has 380 valence electrons. The number of nitrogens with zero attached hydrogens (tertiary/aromatic N) is 4. The number of imidazole rings is 1. The van der Waals surface area contributed by atoms with Crippen LogP contribution in [-0.4, -0.2) is 22.2 Å². The van der Waals surface area contributed by atoms with Crippen LogP contribution in [0.5, 0.6) is 11.5 Å². The van der Waals surface area contributed by atoms with Gasteiger partial charge in [-0.1, -0.05) is 231 Å². The first kappa shape index (κ1) is 28.1. The first-order valence-electron chi connectivity index (χ1n) is 37.6. The number of ether oxygens (including phenoxy) is 1. The zero-order valence-electron chi connectivity index (χ0n) is 68.4. The van der Waals surface area contributed by atoms with Gasteiger partial charge >= 0.3 is 0 Å². The minimum absolute atomic E-state index is 0. The van der Waals surface area contributed by atoms with E-state index in [4.69, 9.17) is 30.3 Å². The van der Waals surface area contributed by atoms with E-state index in [9.17, 15) is 16.4 Å². The molecule has 3 aromatic heterocycles. The van der Waals surface area contributed by atoms with Crippen molar-refractivity contribution in [2.24, 2.45) is 0 Å². The van der Waals surface area contributed by atoms with E-state index in [0.29, 0.717) is 11.3 Å². The van der Waals surface area contributed by atoms with Gasteiger partial charge in [0.25, 0.3) is 6.33 Å². The minimum Gasteiger partial charge on any atom is -0.510 e. The van der Waals surface area contributed by atoms with E-state index >= 15 is 0 Å². The van der Waals surface area contributed by atoms with Crippen LogP contribution in [0.1, 0.15) is 68.9 Å². The number of fused-ring (bicyclic) bond motifs is 4. The Morgan fingerprint density at radius 2 is 1.18 bits per heavy atom. The zero-order valence-corrected chi connectivity index (χ0v) is 44.7. The van der Waals surface area contributed by atoms with Crippen LogP contribution in [0.15, 0.2) is 254 Å². The van der Waals surface area contributed by atoms with Crippen molar-refractivity contribution in [1.29, 1.82) is 0 Å². The predicted molar refractivity (Wildman–Crippen MR) is 318 cm³/mol. The summed E-state index contributed by atoms with van der Waals surface area (Å²) >= 11 is 0. The number of hydrogen-bond acceptors (Lipinski definition) is 2. The standard InChI is InChI=1S/C71H54N4OSi.Pt/c1-50-43-63(51-23-9-5-10-24-51)70(64(44-50)52-25-21-34-60(45-52)77(57-28-11-6-12-29-57,58-30-13-7-14-31-58)59-32-15-8-16-33-59)74-49-73(66-37-19-20-38-67(66)74)54-26-22-27-55(47-54)76-56-39-40-62-61-35-17-18-36-65(61)75(68(62)48-56)69-46-53(41-42-72-69)71(2,3)4;/h5-46H,1-4H3;/q-2;/i1D3,5D,6D,7D,8D,9D,10D,11D,12D,13D,14D,15D,16D,21D,23D,24D,25D,28D,29D,30D,31D,32D,33D,34D,45D;. The van der Waals surface area contributed by atoms with Gasteiger partial charge in [-0.25, -0.2) is 4.98 Å². The van der Waals surface area contributed by atoms with Crippen LogP contribution < -0.4 is 30.1 Å². The summed E-state index contributed by atoms with van der Waals surface area (Å²) in [7, 11) is -6.52. The number of rotatable bonds is 11. The van der Waals surface area contributed by atoms with Crippen LogP contribution in [0.2, 0.25) is 0 Å². The molecule has 0 spiro atoms. The molecule has 0 atom stereocenters. The van der Waals surface area contributed by atoms with Crippen LogP contribution in [-0.2, 0) is 26.5 Å². The molecule has 0 N–H and O–H groups in total. The second-order valence-corrected chi connectivity index (χ2v) is 22.3. The summed E-state index contributed by atoms with van der Waals surface area (Å²) in [5.74, 6) is 1.01. The smallest absolute Gasteiger partial charge is 0.268 e. The fourth-order valence-corrected chi connectivity index (χ4v) is 13.3. The number of aryl methyl sites for hydroxylation is 1. The van der Waals surface area contributed by atoms with E-state index in [-0.39, 0.29) is 54.7 Å². The molecule has 0 saturated carbocycles. The van der Waals surface area contributed by atoms with Crippen LogP contribution in [0.4, 0.5) is 0 Å².